The molecule has 6 rings (SSSR count). The number of rotatable bonds is 9. The van der Waals surface area contributed by atoms with E-state index in [4.69, 9.17) is 4.74 Å². The lowest BCUT2D eigenvalue weighted by Gasteiger charge is -2.23. The zero-order valence-corrected chi connectivity index (χ0v) is 20.6. The average Bonchev–Trinajstić information content (AvgIpc) is 3.72. The SMILES string of the molecule is O=C(Nc1cccc(-c2nncn2CCOc2cccnc2)c1)c1cc(N2C=C(C3CC3)N=CC2)ccn1. The number of ether oxygens (including phenoxy) is 1. The Hall–Kier alpha value is -4.86. The molecule has 0 atom stereocenters. The van der Waals surface area contributed by atoms with Crippen LogP contribution in [0.25, 0.3) is 11.4 Å². The monoisotopic (exact) mass is 506 g/mol. The van der Waals surface area contributed by atoms with Crippen molar-refractivity contribution >= 4 is 23.5 Å². The molecule has 190 valence electrons. The summed E-state index contributed by atoms with van der Waals surface area (Å²) in [7, 11) is 0. The maximum Gasteiger partial charge on any atom is 0.274 e. The van der Waals surface area contributed by atoms with Crippen LogP contribution in [-0.2, 0) is 6.54 Å². The Balaban J connectivity index is 1.13. The lowest BCUT2D eigenvalue weighted by molar-refractivity contribution is 0.102. The summed E-state index contributed by atoms with van der Waals surface area (Å²) in [6.45, 7) is 1.66. The van der Waals surface area contributed by atoms with E-state index < -0.39 is 0 Å². The molecule has 38 heavy (non-hydrogen) atoms. The highest BCUT2D eigenvalue weighted by Gasteiger charge is 2.27. The van der Waals surface area contributed by atoms with Crippen LogP contribution in [0.2, 0.25) is 0 Å². The van der Waals surface area contributed by atoms with Crippen molar-refractivity contribution < 1.29 is 9.53 Å². The van der Waals surface area contributed by atoms with Gasteiger partial charge in [-0.3, -0.25) is 19.8 Å². The van der Waals surface area contributed by atoms with Crippen molar-refractivity contribution in [3.8, 4) is 17.1 Å². The summed E-state index contributed by atoms with van der Waals surface area (Å²) < 4.78 is 7.66. The molecule has 10 nitrogen and oxygen atoms in total. The van der Waals surface area contributed by atoms with Gasteiger partial charge in [-0.25, -0.2) is 0 Å². The van der Waals surface area contributed by atoms with Crippen LogP contribution in [0.1, 0.15) is 23.3 Å². The highest BCUT2D eigenvalue weighted by atomic mass is 16.5. The number of pyridine rings is 2. The van der Waals surface area contributed by atoms with Crippen LogP contribution in [0.5, 0.6) is 5.75 Å². The van der Waals surface area contributed by atoms with E-state index in [2.05, 4.69) is 41.6 Å². The third-order valence-corrected chi connectivity index (χ3v) is 6.34. The molecule has 0 radical (unpaired) electrons. The first-order valence-corrected chi connectivity index (χ1v) is 12.5. The Labute approximate surface area is 219 Å². The maximum atomic E-state index is 13.1. The van der Waals surface area contributed by atoms with E-state index in [1.807, 2.05) is 53.2 Å². The molecule has 0 bridgehead atoms. The lowest BCUT2D eigenvalue weighted by Crippen LogP contribution is -2.23. The lowest BCUT2D eigenvalue weighted by atomic mass is 10.2. The van der Waals surface area contributed by atoms with Crippen molar-refractivity contribution in [3.63, 3.8) is 0 Å². The van der Waals surface area contributed by atoms with Gasteiger partial charge in [-0.1, -0.05) is 12.1 Å². The molecule has 1 fully saturated rings. The summed E-state index contributed by atoms with van der Waals surface area (Å²) in [5.41, 5.74) is 3.82. The maximum absolute atomic E-state index is 13.1. The molecular formula is C28H26N8O2. The number of anilines is 2. The second kappa shape index (κ2) is 10.6. The largest absolute Gasteiger partial charge is 0.490 e. The fourth-order valence-corrected chi connectivity index (χ4v) is 4.24. The molecule has 4 heterocycles. The van der Waals surface area contributed by atoms with Gasteiger partial charge in [0, 0.05) is 47.7 Å². The molecule has 0 saturated heterocycles. The van der Waals surface area contributed by atoms with Crippen LogP contribution in [0.3, 0.4) is 0 Å². The van der Waals surface area contributed by atoms with Crippen LogP contribution in [0.15, 0.2) is 90.3 Å². The minimum atomic E-state index is -0.285. The third kappa shape index (κ3) is 5.44. The molecule has 10 heteroatoms. The van der Waals surface area contributed by atoms with Crippen LogP contribution >= 0.6 is 0 Å². The van der Waals surface area contributed by atoms with E-state index in [1.165, 1.54) is 12.8 Å². The number of hydrogen-bond donors (Lipinski definition) is 1. The number of amides is 1. The van der Waals surface area contributed by atoms with Gasteiger partial charge >= 0.3 is 0 Å². The van der Waals surface area contributed by atoms with Crippen molar-refractivity contribution in [2.75, 3.05) is 23.4 Å². The fourth-order valence-electron chi connectivity index (χ4n) is 4.24. The standard InChI is InChI=1S/C28H26N8O2/c37-28(25-16-23(8-10-30-25)35-12-11-31-26(18-35)20-6-7-20)33-22-4-1-3-21(15-22)27-34-32-19-36(27)13-14-38-24-5-2-9-29-17-24/h1-5,8-11,15-20H,6-7,12-14H2,(H,33,37). The van der Waals surface area contributed by atoms with Crippen LogP contribution in [0, 0.1) is 5.92 Å². The second-order valence-corrected chi connectivity index (χ2v) is 9.11. The van der Waals surface area contributed by atoms with Gasteiger partial charge in [-0.2, -0.15) is 0 Å². The highest BCUT2D eigenvalue weighted by Crippen LogP contribution is 2.38. The minimum absolute atomic E-state index is 0.285. The first-order valence-electron chi connectivity index (χ1n) is 12.5. The van der Waals surface area contributed by atoms with Crippen molar-refractivity contribution in [1.29, 1.82) is 0 Å². The van der Waals surface area contributed by atoms with Crippen molar-refractivity contribution in [2.45, 2.75) is 19.4 Å². The number of benzene rings is 1. The molecule has 0 unspecified atom stereocenters. The van der Waals surface area contributed by atoms with Crippen LogP contribution in [-0.4, -0.2) is 50.0 Å². The molecule has 1 aliphatic carbocycles. The molecular weight excluding hydrogens is 480 g/mol. The van der Waals surface area contributed by atoms with E-state index in [0.29, 0.717) is 48.6 Å². The summed E-state index contributed by atoms with van der Waals surface area (Å²) in [4.78, 5) is 28.1. The fraction of sp³-hybridized carbons (Fsp3) is 0.214. The molecule has 1 aromatic carbocycles. The number of allylic oxidation sites excluding steroid dienone is 1. The Morgan fingerprint density at radius 2 is 2.05 bits per heavy atom. The van der Waals surface area contributed by atoms with E-state index in [9.17, 15) is 4.79 Å². The van der Waals surface area contributed by atoms with E-state index in [-0.39, 0.29) is 5.91 Å². The Morgan fingerprint density at radius 3 is 2.92 bits per heavy atom. The molecule has 1 aliphatic heterocycles. The van der Waals surface area contributed by atoms with Gasteiger partial charge in [0.1, 0.15) is 24.4 Å². The zero-order chi connectivity index (χ0) is 25.7. The first-order chi connectivity index (χ1) is 18.7. The van der Waals surface area contributed by atoms with Crippen molar-refractivity contribution in [2.24, 2.45) is 10.9 Å². The molecule has 1 amide bonds. The van der Waals surface area contributed by atoms with Crippen LogP contribution < -0.4 is 15.0 Å². The van der Waals surface area contributed by atoms with E-state index in [0.717, 1.165) is 16.9 Å². The van der Waals surface area contributed by atoms with Gasteiger partial charge in [-0.15, -0.1) is 10.2 Å². The summed E-state index contributed by atoms with van der Waals surface area (Å²) in [5, 5.41) is 11.3. The number of hydrogen-bond acceptors (Lipinski definition) is 8. The van der Waals surface area contributed by atoms with Crippen molar-refractivity contribution in [1.82, 2.24) is 24.7 Å². The summed E-state index contributed by atoms with van der Waals surface area (Å²) in [6, 6.07) is 14.9. The summed E-state index contributed by atoms with van der Waals surface area (Å²) >= 11 is 0. The number of nitrogens with one attached hydrogen (secondary N) is 1. The Bertz CT molecular complexity index is 1490. The van der Waals surface area contributed by atoms with Gasteiger partial charge in [0.15, 0.2) is 5.82 Å². The number of carbonyl (C=O) groups is 1. The van der Waals surface area contributed by atoms with Crippen LogP contribution in [0.4, 0.5) is 11.4 Å². The highest BCUT2D eigenvalue weighted by molar-refractivity contribution is 6.03. The molecule has 0 spiro atoms. The number of aliphatic imine (C=N–C) groups is 1. The normalized spacial score (nSPS) is 14.7. The Morgan fingerprint density at radius 1 is 1.11 bits per heavy atom. The smallest absolute Gasteiger partial charge is 0.274 e. The molecule has 3 aromatic heterocycles. The third-order valence-electron chi connectivity index (χ3n) is 6.34. The second-order valence-electron chi connectivity index (χ2n) is 9.11. The number of aromatic nitrogens is 5. The van der Waals surface area contributed by atoms with Gasteiger partial charge < -0.3 is 19.5 Å². The number of nitrogens with zero attached hydrogens (tertiary/aromatic N) is 7. The number of carbonyl (C=O) groups excluding carboxylic acids is 1. The molecule has 4 aromatic rings. The molecule has 1 saturated carbocycles. The summed E-state index contributed by atoms with van der Waals surface area (Å²) in [5.74, 6) is 1.66. The topological polar surface area (TPSA) is 110 Å². The quantitative estimate of drug-likeness (QED) is 0.362. The zero-order valence-electron chi connectivity index (χ0n) is 20.6. The summed E-state index contributed by atoms with van der Waals surface area (Å²) in [6.07, 6.45) is 13.1. The first kappa shape index (κ1) is 23.5. The van der Waals surface area contributed by atoms with Gasteiger partial charge in [0.05, 0.1) is 25.0 Å². The van der Waals surface area contributed by atoms with Gasteiger partial charge in [0.2, 0.25) is 0 Å². The predicted molar refractivity (Wildman–Crippen MR) is 144 cm³/mol. The molecule has 2 aliphatic rings. The average molecular weight is 507 g/mol. The Kier molecular flexibility index (Phi) is 6.58. The molecule has 1 N–H and O–H groups in total. The van der Waals surface area contributed by atoms with E-state index >= 15 is 0 Å². The van der Waals surface area contributed by atoms with Gasteiger partial charge in [0.25, 0.3) is 5.91 Å². The van der Waals surface area contributed by atoms with Gasteiger partial charge in [-0.05, 0) is 49.2 Å². The van der Waals surface area contributed by atoms with Crippen molar-refractivity contribution in [3.05, 3.63) is 91.0 Å². The minimum Gasteiger partial charge on any atom is -0.490 e. The predicted octanol–water partition coefficient (Wildman–Crippen LogP) is 4.21. The van der Waals surface area contributed by atoms with E-state index in [1.54, 1.807) is 31.0 Å².